The molecule has 0 aromatic heterocycles. The molecule has 1 saturated heterocycles. The highest BCUT2D eigenvalue weighted by Gasteiger charge is 2.20. The average Bonchev–Trinajstić information content (AvgIpc) is 2.64. The normalized spacial score (nSPS) is 20.7. The molecule has 1 aliphatic rings. The van der Waals surface area contributed by atoms with Crippen LogP contribution in [0.4, 0.5) is 5.69 Å². The quantitative estimate of drug-likeness (QED) is 0.681. The van der Waals surface area contributed by atoms with E-state index in [-0.39, 0.29) is 0 Å². The van der Waals surface area contributed by atoms with Crippen LogP contribution in [0, 0.1) is 11.8 Å². The molecular weight excluding hydrogens is 277 g/mol. The van der Waals surface area contributed by atoms with Gasteiger partial charge in [0.25, 0.3) is 0 Å². The molecule has 1 aromatic rings. The van der Waals surface area contributed by atoms with Crippen LogP contribution in [0.2, 0.25) is 5.02 Å². The first-order valence-corrected chi connectivity index (χ1v) is 8.12. The van der Waals surface area contributed by atoms with E-state index >= 15 is 0 Å². The topological polar surface area (TPSA) is 3.24 Å². The van der Waals surface area contributed by atoms with E-state index in [9.17, 15) is 0 Å². The monoisotopic (exact) mass is 299 g/mol. The predicted molar refractivity (Wildman–Crippen MR) is 85.4 cm³/mol. The summed E-state index contributed by atoms with van der Waals surface area (Å²) < 4.78 is 0. The van der Waals surface area contributed by atoms with E-state index in [0.717, 1.165) is 35.5 Å². The average molecular weight is 300 g/mol. The molecule has 0 amide bonds. The fourth-order valence-electron chi connectivity index (χ4n) is 3.00. The van der Waals surface area contributed by atoms with Crippen LogP contribution in [0.5, 0.6) is 0 Å². The summed E-state index contributed by atoms with van der Waals surface area (Å²) in [6, 6.07) is 6.09. The zero-order chi connectivity index (χ0) is 13.8. The Morgan fingerprint density at radius 3 is 2.74 bits per heavy atom. The molecular formula is C16H23Cl2N. The lowest BCUT2D eigenvalue weighted by Gasteiger charge is -2.25. The van der Waals surface area contributed by atoms with E-state index in [2.05, 4.69) is 24.8 Å². The zero-order valence-corrected chi connectivity index (χ0v) is 13.3. The van der Waals surface area contributed by atoms with Crippen molar-refractivity contribution in [2.24, 2.45) is 11.8 Å². The molecule has 1 nitrogen and oxygen atoms in total. The van der Waals surface area contributed by atoms with Gasteiger partial charge in [0.15, 0.2) is 0 Å². The van der Waals surface area contributed by atoms with Crippen molar-refractivity contribution in [2.75, 3.05) is 18.0 Å². The molecule has 0 bridgehead atoms. The molecule has 0 N–H and O–H groups in total. The van der Waals surface area contributed by atoms with E-state index in [1.807, 2.05) is 12.1 Å². The summed E-state index contributed by atoms with van der Waals surface area (Å²) in [5.41, 5.74) is 2.42. The van der Waals surface area contributed by atoms with E-state index < -0.39 is 0 Å². The third kappa shape index (κ3) is 3.79. The Hall–Kier alpha value is -0.400. The molecule has 106 valence electrons. The van der Waals surface area contributed by atoms with E-state index in [1.54, 1.807) is 0 Å². The van der Waals surface area contributed by atoms with Gasteiger partial charge in [0, 0.05) is 29.7 Å². The summed E-state index contributed by atoms with van der Waals surface area (Å²) in [5, 5.41) is 0.772. The van der Waals surface area contributed by atoms with Gasteiger partial charge in [-0.1, -0.05) is 25.4 Å². The molecule has 2 rings (SSSR count). The minimum absolute atomic E-state index is 0.528. The molecule has 3 heteroatoms. The zero-order valence-electron chi connectivity index (χ0n) is 11.8. The number of benzene rings is 1. The van der Waals surface area contributed by atoms with Crippen molar-refractivity contribution in [2.45, 2.75) is 39.0 Å². The fraction of sp³-hybridized carbons (Fsp3) is 0.625. The van der Waals surface area contributed by atoms with Crippen molar-refractivity contribution in [1.82, 2.24) is 0 Å². The van der Waals surface area contributed by atoms with Gasteiger partial charge in [-0.2, -0.15) is 0 Å². The number of rotatable bonds is 3. The molecule has 1 fully saturated rings. The van der Waals surface area contributed by atoms with Crippen LogP contribution in [0.3, 0.4) is 0 Å². The third-order valence-corrected chi connectivity index (χ3v) is 4.76. The fourth-order valence-corrected chi connectivity index (χ4v) is 3.41. The van der Waals surface area contributed by atoms with E-state index in [4.69, 9.17) is 23.2 Å². The maximum absolute atomic E-state index is 6.06. The van der Waals surface area contributed by atoms with Crippen LogP contribution in [0.15, 0.2) is 18.2 Å². The second-order valence-electron chi connectivity index (χ2n) is 5.83. The molecule has 0 saturated carbocycles. The van der Waals surface area contributed by atoms with Crippen molar-refractivity contribution in [3.63, 3.8) is 0 Å². The first-order chi connectivity index (χ1) is 9.11. The van der Waals surface area contributed by atoms with Gasteiger partial charge in [-0.05, 0) is 54.9 Å². The van der Waals surface area contributed by atoms with Gasteiger partial charge in [-0.3, -0.25) is 0 Å². The van der Waals surface area contributed by atoms with Crippen LogP contribution in [0.1, 0.15) is 38.7 Å². The van der Waals surface area contributed by atoms with Crippen molar-refractivity contribution in [1.29, 1.82) is 0 Å². The highest BCUT2D eigenvalue weighted by molar-refractivity contribution is 6.30. The number of alkyl halides is 1. The maximum Gasteiger partial charge on any atom is 0.0495 e. The molecule has 0 radical (unpaired) electrons. The number of hydrogen-bond donors (Lipinski definition) is 0. The Morgan fingerprint density at radius 2 is 2.05 bits per heavy atom. The minimum atomic E-state index is 0.528. The largest absolute Gasteiger partial charge is 0.371 e. The summed E-state index contributed by atoms with van der Waals surface area (Å²) in [4.78, 5) is 2.48. The van der Waals surface area contributed by atoms with Crippen LogP contribution in [-0.2, 0) is 5.88 Å². The number of halogens is 2. The van der Waals surface area contributed by atoms with Gasteiger partial charge >= 0.3 is 0 Å². The summed E-state index contributed by atoms with van der Waals surface area (Å²) >= 11 is 12.1. The minimum Gasteiger partial charge on any atom is -0.371 e. The Balaban J connectivity index is 2.14. The van der Waals surface area contributed by atoms with E-state index in [0.29, 0.717) is 5.88 Å². The second-order valence-corrected chi connectivity index (χ2v) is 6.53. The molecule has 1 unspecified atom stereocenters. The van der Waals surface area contributed by atoms with Gasteiger partial charge in [0.2, 0.25) is 0 Å². The van der Waals surface area contributed by atoms with Crippen molar-refractivity contribution in [3.05, 3.63) is 28.8 Å². The highest BCUT2D eigenvalue weighted by Crippen LogP contribution is 2.31. The molecule has 1 aromatic carbocycles. The molecule has 0 spiro atoms. The maximum atomic E-state index is 6.06. The van der Waals surface area contributed by atoms with Gasteiger partial charge in [-0.15, -0.1) is 11.6 Å². The number of anilines is 1. The van der Waals surface area contributed by atoms with E-state index in [1.165, 1.54) is 24.9 Å². The highest BCUT2D eigenvalue weighted by atomic mass is 35.5. The summed E-state index contributed by atoms with van der Waals surface area (Å²) in [5.74, 6) is 2.18. The first kappa shape index (κ1) is 15.0. The Kier molecular flexibility index (Phi) is 5.41. The smallest absolute Gasteiger partial charge is 0.0495 e. The molecule has 19 heavy (non-hydrogen) atoms. The van der Waals surface area contributed by atoms with Gasteiger partial charge in [0.05, 0.1) is 0 Å². The second kappa shape index (κ2) is 6.85. The third-order valence-electron chi connectivity index (χ3n) is 4.24. The lowest BCUT2D eigenvalue weighted by atomic mass is 9.89. The predicted octanol–water partition coefficient (Wildman–Crippen LogP) is 5.34. The lowest BCUT2D eigenvalue weighted by Crippen LogP contribution is -2.25. The molecule has 1 aliphatic heterocycles. The van der Waals surface area contributed by atoms with Gasteiger partial charge in [0.1, 0.15) is 0 Å². The Morgan fingerprint density at radius 1 is 1.26 bits per heavy atom. The van der Waals surface area contributed by atoms with Gasteiger partial charge < -0.3 is 4.90 Å². The van der Waals surface area contributed by atoms with Crippen molar-refractivity contribution >= 4 is 28.9 Å². The van der Waals surface area contributed by atoms with Crippen LogP contribution < -0.4 is 4.90 Å². The number of hydrogen-bond acceptors (Lipinski definition) is 1. The molecule has 0 aliphatic carbocycles. The van der Waals surface area contributed by atoms with Crippen molar-refractivity contribution < 1.29 is 0 Å². The number of nitrogens with zero attached hydrogens (tertiary/aromatic N) is 1. The SMILES string of the molecule is CC(C)C1CCCN(c2ccc(Cl)cc2CCl)CC1. The molecule has 1 heterocycles. The summed E-state index contributed by atoms with van der Waals surface area (Å²) in [6.07, 6.45) is 3.90. The van der Waals surface area contributed by atoms with Crippen LogP contribution in [0.25, 0.3) is 0 Å². The van der Waals surface area contributed by atoms with Crippen LogP contribution >= 0.6 is 23.2 Å². The summed E-state index contributed by atoms with van der Waals surface area (Å²) in [6.45, 7) is 6.95. The summed E-state index contributed by atoms with van der Waals surface area (Å²) in [7, 11) is 0. The first-order valence-electron chi connectivity index (χ1n) is 7.21. The Labute approximate surface area is 126 Å². The van der Waals surface area contributed by atoms with Gasteiger partial charge in [-0.25, -0.2) is 0 Å². The standard InChI is InChI=1S/C16H23Cl2N/c1-12(2)13-4-3-8-19(9-7-13)16-6-5-15(18)10-14(16)11-17/h5-6,10,12-13H,3-4,7-9,11H2,1-2H3. The Bertz CT molecular complexity index is 417. The lowest BCUT2D eigenvalue weighted by molar-refractivity contribution is 0.351. The molecule has 1 atom stereocenters. The van der Waals surface area contributed by atoms with Crippen LogP contribution in [-0.4, -0.2) is 13.1 Å². The van der Waals surface area contributed by atoms with Crippen molar-refractivity contribution in [3.8, 4) is 0 Å².